The zero-order valence-corrected chi connectivity index (χ0v) is 7.98. The van der Waals surface area contributed by atoms with E-state index in [0.717, 1.165) is 11.4 Å². The number of halogens is 1. The van der Waals surface area contributed by atoms with Gasteiger partial charge in [-0.15, -0.1) is 0 Å². The fourth-order valence-electron chi connectivity index (χ4n) is 0.802. The normalized spacial score (nSPS) is 8.42. The lowest BCUT2D eigenvalue weighted by Gasteiger charge is -2.01. The molecule has 0 atom stereocenters. The molecule has 0 saturated heterocycles. The summed E-state index contributed by atoms with van der Waals surface area (Å²) < 4.78 is 12.4. The minimum Gasteiger partial charge on any atom is -0.373 e. The molecule has 1 aromatic heterocycles. The predicted octanol–water partition coefficient (Wildman–Crippen LogP) is 2.60. The first-order valence-electron chi connectivity index (χ1n) is 4.04. The Labute approximate surface area is 72.8 Å². The molecule has 0 aliphatic rings. The second-order valence-electron chi connectivity index (χ2n) is 2.07. The van der Waals surface area contributed by atoms with Gasteiger partial charge in [0.2, 0.25) is 0 Å². The highest BCUT2D eigenvalue weighted by Crippen LogP contribution is 2.09. The van der Waals surface area contributed by atoms with Crippen molar-refractivity contribution in [2.24, 2.45) is 0 Å². The van der Waals surface area contributed by atoms with E-state index in [1.54, 1.807) is 7.05 Å². The molecule has 2 nitrogen and oxygen atoms in total. The highest BCUT2D eigenvalue weighted by atomic mass is 19.1. The summed E-state index contributed by atoms with van der Waals surface area (Å²) >= 11 is 0. The molecule has 0 aliphatic carbocycles. The van der Waals surface area contributed by atoms with Gasteiger partial charge in [-0.1, -0.05) is 13.8 Å². The zero-order valence-electron chi connectivity index (χ0n) is 7.98. The van der Waals surface area contributed by atoms with Crippen LogP contribution in [0.2, 0.25) is 0 Å². The molecule has 0 bridgehead atoms. The van der Waals surface area contributed by atoms with Crippen molar-refractivity contribution in [1.82, 2.24) is 4.98 Å². The molecule has 0 aliphatic heterocycles. The Balaban J connectivity index is 0.000000561. The summed E-state index contributed by atoms with van der Waals surface area (Å²) in [6.45, 7) is 5.81. The van der Waals surface area contributed by atoms with Gasteiger partial charge < -0.3 is 5.32 Å². The van der Waals surface area contributed by atoms with E-state index in [0.29, 0.717) is 0 Å². The van der Waals surface area contributed by atoms with E-state index in [4.69, 9.17) is 0 Å². The minimum atomic E-state index is -0.295. The molecule has 0 saturated carbocycles. The fourth-order valence-corrected chi connectivity index (χ4v) is 0.802. The van der Waals surface area contributed by atoms with Gasteiger partial charge in [0, 0.05) is 7.05 Å². The van der Waals surface area contributed by atoms with Gasteiger partial charge in [-0.05, 0) is 18.6 Å². The smallest absolute Gasteiger partial charge is 0.141 e. The molecule has 0 radical (unpaired) electrons. The molecule has 1 rings (SSSR count). The van der Waals surface area contributed by atoms with Crippen molar-refractivity contribution < 1.29 is 4.39 Å². The number of pyridine rings is 1. The van der Waals surface area contributed by atoms with Crippen LogP contribution in [-0.4, -0.2) is 12.0 Å². The summed E-state index contributed by atoms with van der Waals surface area (Å²) in [6.07, 6.45) is 1.19. The largest absolute Gasteiger partial charge is 0.373 e. The van der Waals surface area contributed by atoms with Gasteiger partial charge in [0.05, 0.1) is 6.20 Å². The van der Waals surface area contributed by atoms with Gasteiger partial charge in [-0.25, -0.2) is 9.37 Å². The van der Waals surface area contributed by atoms with Crippen molar-refractivity contribution in [3.8, 4) is 0 Å². The minimum absolute atomic E-state index is 0.295. The van der Waals surface area contributed by atoms with Crippen molar-refractivity contribution in [2.45, 2.75) is 20.8 Å². The first-order chi connectivity index (χ1) is 5.74. The third-order valence-corrected chi connectivity index (χ3v) is 1.28. The lowest BCUT2D eigenvalue weighted by molar-refractivity contribution is 0.620. The monoisotopic (exact) mass is 170 g/mol. The van der Waals surface area contributed by atoms with E-state index in [1.165, 1.54) is 12.3 Å². The van der Waals surface area contributed by atoms with Crippen molar-refractivity contribution in [3.63, 3.8) is 0 Å². The van der Waals surface area contributed by atoms with Gasteiger partial charge in [-0.2, -0.15) is 0 Å². The molecule has 0 fully saturated rings. The van der Waals surface area contributed by atoms with Crippen LogP contribution in [0.5, 0.6) is 0 Å². The second kappa shape index (κ2) is 5.52. The fraction of sp³-hybridized carbons (Fsp3) is 0.444. The van der Waals surface area contributed by atoms with E-state index >= 15 is 0 Å². The van der Waals surface area contributed by atoms with Crippen molar-refractivity contribution in [3.05, 3.63) is 23.6 Å². The van der Waals surface area contributed by atoms with Crippen LogP contribution >= 0.6 is 0 Å². The average molecular weight is 170 g/mol. The molecule has 0 spiro atoms. The number of aromatic nitrogens is 1. The van der Waals surface area contributed by atoms with Crippen LogP contribution in [0.4, 0.5) is 10.2 Å². The summed E-state index contributed by atoms with van der Waals surface area (Å²) in [6, 6.07) is 1.44. The number of nitrogens with zero attached hydrogens (tertiary/aromatic N) is 1. The number of hydrogen-bond donors (Lipinski definition) is 1. The topological polar surface area (TPSA) is 24.9 Å². The van der Waals surface area contributed by atoms with E-state index < -0.39 is 0 Å². The number of anilines is 1. The van der Waals surface area contributed by atoms with Crippen LogP contribution in [0.15, 0.2) is 12.3 Å². The molecule has 68 valence electrons. The Morgan fingerprint density at radius 1 is 1.42 bits per heavy atom. The molecule has 3 heteroatoms. The number of hydrogen-bond acceptors (Lipinski definition) is 2. The maximum absolute atomic E-state index is 12.4. The molecular formula is C9H15FN2. The van der Waals surface area contributed by atoms with Gasteiger partial charge >= 0.3 is 0 Å². The Morgan fingerprint density at radius 3 is 2.42 bits per heavy atom. The molecular weight excluding hydrogens is 155 g/mol. The molecule has 1 heterocycles. The summed E-state index contributed by atoms with van der Waals surface area (Å²) in [4.78, 5) is 3.81. The quantitative estimate of drug-likeness (QED) is 0.700. The summed E-state index contributed by atoms with van der Waals surface area (Å²) in [7, 11) is 1.76. The standard InChI is InChI=1S/C7H9FN2.C2H6/c1-5-3-6(8)4-10-7(5)9-2;1-2/h3-4H,1-2H3,(H,9,10);1-2H3. The maximum atomic E-state index is 12.4. The van der Waals surface area contributed by atoms with Gasteiger partial charge in [0.25, 0.3) is 0 Å². The summed E-state index contributed by atoms with van der Waals surface area (Å²) in [5.74, 6) is 0.429. The van der Waals surface area contributed by atoms with Crippen molar-refractivity contribution >= 4 is 5.82 Å². The van der Waals surface area contributed by atoms with E-state index in [2.05, 4.69) is 10.3 Å². The molecule has 1 N–H and O–H groups in total. The first-order valence-corrected chi connectivity index (χ1v) is 4.04. The zero-order chi connectivity index (χ0) is 9.56. The third kappa shape index (κ3) is 2.86. The van der Waals surface area contributed by atoms with E-state index in [9.17, 15) is 4.39 Å². The van der Waals surface area contributed by atoms with Gasteiger partial charge in [-0.3, -0.25) is 0 Å². The lowest BCUT2D eigenvalue weighted by atomic mass is 10.3. The number of rotatable bonds is 1. The van der Waals surface area contributed by atoms with Crippen LogP contribution < -0.4 is 5.32 Å². The van der Waals surface area contributed by atoms with Crippen LogP contribution in [0.1, 0.15) is 19.4 Å². The van der Waals surface area contributed by atoms with Crippen LogP contribution in [-0.2, 0) is 0 Å². The number of aryl methyl sites for hydroxylation is 1. The molecule has 0 amide bonds. The molecule has 0 unspecified atom stereocenters. The predicted molar refractivity (Wildman–Crippen MR) is 49.8 cm³/mol. The summed E-state index contributed by atoms with van der Waals surface area (Å²) in [5, 5.41) is 2.84. The van der Waals surface area contributed by atoms with Crippen LogP contribution in [0, 0.1) is 12.7 Å². The first kappa shape index (κ1) is 10.9. The van der Waals surface area contributed by atoms with Crippen LogP contribution in [0.25, 0.3) is 0 Å². The van der Waals surface area contributed by atoms with E-state index in [1.807, 2.05) is 20.8 Å². The number of nitrogens with one attached hydrogen (secondary N) is 1. The molecule has 0 aromatic carbocycles. The van der Waals surface area contributed by atoms with Crippen molar-refractivity contribution in [2.75, 3.05) is 12.4 Å². The second-order valence-corrected chi connectivity index (χ2v) is 2.07. The Kier molecular flexibility index (Phi) is 5.00. The average Bonchev–Trinajstić information content (AvgIpc) is 2.08. The van der Waals surface area contributed by atoms with Gasteiger partial charge in [0.1, 0.15) is 11.6 Å². The summed E-state index contributed by atoms with van der Waals surface area (Å²) in [5.41, 5.74) is 0.822. The van der Waals surface area contributed by atoms with Crippen molar-refractivity contribution in [1.29, 1.82) is 0 Å². The molecule has 12 heavy (non-hydrogen) atoms. The van der Waals surface area contributed by atoms with Crippen LogP contribution in [0.3, 0.4) is 0 Å². The Morgan fingerprint density at radius 2 is 2.00 bits per heavy atom. The highest BCUT2D eigenvalue weighted by Gasteiger charge is 1.96. The third-order valence-electron chi connectivity index (χ3n) is 1.28. The molecule has 1 aromatic rings. The van der Waals surface area contributed by atoms with Gasteiger partial charge in [0.15, 0.2) is 0 Å². The van der Waals surface area contributed by atoms with E-state index in [-0.39, 0.29) is 5.82 Å². The Hall–Kier alpha value is -1.12. The highest BCUT2D eigenvalue weighted by molar-refractivity contribution is 5.41. The maximum Gasteiger partial charge on any atom is 0.141 e. The lowest BCUT2D eigenvalue weighted by Crippen LogP contribution is -1.95. The Bertz CT molecular complexity index is 236. The SMILES string of the molecule is CC.CNc1ncc(F)cc1C.